The monoisotopic (exact) mass is 274 g/mol. The lowest BCUT2D eigenvalue weighted by atomic mass is 10.2. The van der Waals surface area contributed by atoms with Gasteiger partial charge < -0.3 is 9.52 Å². The maximum Gasteiger partial charge on any atom is 0.335 e. The number of rotatable bonds is 2. The molecular formula is C13H10N2O3S. The van der Waals surface area contributed by atoms with Crippen molar-refractivity contribution < 1.29 is 14.3 Å². The number of aromatic carboxylic acids is 1. The van der Waals surface area contributed by atoms with E-state index in [4.69, 9.17) is 9.52 Å². The molecular weight excluding hydrogens is 264 g/mol. The number of aryl methyl sites for hydroxylation is 2. The second-order valence-electron chi connectivity index (χ2n) is 4.15. The van der Waals surface area contributed by atoms with Crippen molar-refractivity contribution in [3.63, 3.8) is 0 Å². The number of hydrogen-bond acceptors (Lipinski definition) is 5. The Balaban J connectivity index is 2.16. The fourth-order valence-electron chi connectivity index (χ4n) is 1.89. The molecule has 0 atom stereocenters. The Bertz CT molecular complexity index is 788. The van der Waals surface area contributed by atoms with Gasteiger partial charge in [-0.15, -0.1) is 11.3 Å². The molecule has 0 amide bonds. The van der Waals surface area contributed by atoms with Crippen LogP contribution in [0.4, 0.5) is 0 Å². The van der Waals surface area contributed by atoms with E-state index in [9.17, 15) is 4.79 Å². The van der Waals surface area contributed by atoms with E-state index in [1.54, 1.807) is 6.07 Å². The van der Waals surface area contributed by atoms with Crippen LogP contribution in [0.1, 0.15) is 21.1 Å². The van der Waals surface area contributed by atoms with E-state index in [1.807, 2.05) is 13.8 Å². The summed E-state index contributed by atoms with van der Waals surface area (Å²) in [4.78, 5) is 20.5. The first-order chi connectivity index (χ1) is 9.04. The highest BCUT2D eigenvalue weighted by Gasteiger charge is 2.15. The topological polar surface area (TPSA) is 76.2 Å². The average molecular weight is 274 g/mol. The zero-order valence-corrected chi connectivity index (χ0v) is 11.1. The maximum atomic E-state index is 10.9. The third-order valence-electron chi connectivity index (χ3n) is 2.73. The van der Waals surface area contributed by atoms with Gasteiger partial charge in [0.25, 0.3) is 0 Å². The second kappa shape index (κ2) is 4.17. The molecule has 2 heterocycles. The minimum atomic E-state index is -0.976. The maximum absolute atomic E-state index is 10.9. The largest absolute Gasteiger partial charge is 0.478 e. The molecule has 0 spiro atoms. The number of carboxylic acids is 1. The fraction of sp³-hybridized carbons (Fsp3) is 0.154. The normalized spacial score (nSPS) is 11.1. The fourth-order valence-corrected chi connectivity index (χ4v) is 2.73. The van der Waals surface area contributed by atoms with Gasteiger partial charge >= 0.3 is 5.97 Å². The van der Waals surface area contributed by atoms with Crippen molar-refractivity contribution in [1.29, 1.82) is 0 Å². The summed E-state index contributed by atoms with van der Waals surface area (Å²) >= 11 is 1.51. The van der Waals surface area contributed by atoms with Crippen molar-refractivity contribution >= 4 is 28.4 Å². The van der Waals surface area contributed by atoms with Gasteiger partial charge in [0.15, 0.2) is 5.58 Å². The zero-order chi connectivity index (χ0) is 13.6. The number of carboxylic acid groups (broad SMARTS) is 1. The first-order valence-corrected chi connectivity index (χ1v) is 6.44. The average Bonchev–Trinajstić information content (AvgIpc) is 2.90. The molecule has 5 nitrogen and oxygen atoms in total. The van der Waals surface area contributed by atoms with Crippen molar-refractivity contribution in [2.75, 3.05) is 0 Å². The molecule has 0 aliphatic heterocycles. The Hall–Kier alpha value is -2.21. The number of thiazole rings is 1. The number of aromatic nitrogens is 2. The lowest BCUT2D eigenvalue weighted by molar-refractivity contribution is 0.0697. The Labute approximate surface area is 112 Å². The van der Waals surface area contributed by atoms with Gasteiger partial charge in [-0.05, 0) is 32.0 Å². The predicted octanol–water partition coefficient (Wildman–Crippen LogP) is 3.27. The Kier molecular flexibility index (Phi) is 2.60. The summed E-state index contributed by atoms with van der Waals surface area (Å²) in [5, 5.41) is 9.89. The van der Waals surface area contributed by atoms with E-state index in [0.29, 0.717) is 17.0 Å². The quantitative estimate of drug-likeness (QED) is 0.776. The summed E-state index contributed by atoms with van der Waals surface area (Å²) in [6.07, 6.45) is 0. The van der Waals surface area contributed by atoms with Gasteiger partial charge in [-0.25, -0.2) is 14.8 Å². The number of carbonyl (C=O) groups is 1. The van der Waals surface area contributed by atoms with Crippen molar-refractivity contribution in [3.8, 4) is 10.8 Å². The van der Waals surface area contributed by atoms with Crippen molar-refractivity contribution in [1.82, 2.24) is 9.97 Å². The molecule has 1 N–H and O–H groups in total. The molecule has 19 heavy (non-hydrogen) atoms. The van der Waals surface area contributed by atoms with Crippen LogP contribution in [-0.2, 0) is 0 Å². The van der Waals surface area contributed by atoms with Gasteiger partial charge in [0, 0.05) is 0 Å². The van der Waals surface area contributed by atoms with Crippen LogP contribution in [0.2, 0.25) is 0 Å². The Morgan fingerprint density at radius 2 is 2.11 bits per heavy atom. The number of oxazole rings is 1. The molecule has 96 valence electrons. The molecule has 0 fully saturated rings. The summed E-state index contributed by atoms with van der Waals surface area (Å²) in [6, 6.07) is 4.64. The summed E-state index contributed by atoms with van der Waals surface area (Å²) in [5.41, 5.74) is 2.18. The van der Waals surface area contributed by atoms with Crippen LogP contribution < -0.4 is 0 Å². The zero-order valence-electron chi connectivity index (χ0n) is 10.3. The number of fused-ring (bicyclic) bond motifs is 1. The van der Waals surface area contributed by atoms with E-state index in [0.717, 1.165) is 15.6 Å². The summed E-state index contributed by atoms with van der Waals surface area (Å²) < 4.78 is 5.65. The third kappa shape index (κ3) is 2.00. The number of nitrogens with zero attached hydrogens (tertiary/aromatic N) is 2. The molecule has 0 radical (unpaired) electrons. The molecule has 0 saturated carbocycles. The van der Waals surface area contributed by atoms with Crippen molar-refractivity contribution in [2.24, 2.45) is 0 Å². The van der Waals surface area contributed by atoms with Crippen LogP contribution in [-0.4, -0.2) is 21.0 Å². The lowest BCUT2D eigenvalue weighted by Gasteiger charge is -1.91. The highest BCUT2D eigenvalue weighted by molar-refractivity contribution is 7.15. The molecule has 0 aliphatic rings. The smallest absolute Gasteiger partial charge is 0.335 e. The minimum Gasteiger partial charge on any atom is -0.478 e. The highest BCUT2D eigenvalue weighted by Crippen LogP contribution is 2.31. The molecule has 0 bridgehead atoms. The van der Waals surface area contributed by atoms with E-state index in [2.05, 4.69) is 9.97 Å². The van der Waals surface area contributed by atoms with Crippen LogP contribution in [0.25, 0.3) is 21.9 Å². The third-order valence-corrected chi connectivity index (χ3v) is 3.79. The first-order valence-electron chi connectivity index (χ1n) is 5.63. The predicted molar refractivity (Wildman–Crippen MR) is 71.6 cm³/mol. The van der Waals surface area contributed by atoms with Crippen LogP contribution in [0.15, 0.2) is 22.6 Å². The minimum absolute atomic E-state index is 0.199. The molecule has 3 rings (SSSR count). The van der Waals surface area contributed by atoms with Crippen LogP contribution in [0.5, 0.6) is 0 Å². The van der Waals surface area contributed by atoms with Gasteiger partial charge in [0.1, 0.15) is 10.4 Å². The van der Waals surface area contributed by atoms with E-state index >= 15 is 0 Å². The van der Waals surface area contributed by atoms with E-state index in [1.165, 1.54) is 23.5 Å². The summed E-state index contributed by atoms with van der Waals surface area (Å²) in [6.45, 7) is 3.82. The summed E-state index contributed by atoms with van der Waals surface area (Å²) in [5.74, 6) is -0.489. The van der Waals surface area contributed by atoms with E-state index in [-0.39, 0.29) is 5.56 Å². The van der Waals surface area contributed by atoms with Crippen molar-refractivity contribution in [2.45, 2.75) is 13.8 Å². The molecule has 6 heteroatoms. The van der Waals surface area contributed by atoms with Gasteiger partial charge in [0.2, 0.25) is 5.89 Å². The molecule has 0 aliphatic carbocycles. The molecule has 0 saturated heterocycles. The second-order valence-corrected chi connectivity index (χ2v) is 5.36. The molecule has 2 aromatic heterocycles. The summed E-state index contributed by atoms with van der Waals surface area (Å²) in [7, 11) is 0. The van der Waals surface area contributed by atoms with Gasteiger partial charge in [-0.3, -0.25) is 0 Å². The van der Waals surface area contributed by atoms with Gasteiger partial charge in [-0.1, -0.05) is 0 Å². The first kappa shape index (κ1) is 11.9. The standard InChI is InChI=1S/C13H10N2O3S/c1-6-11(19-7(2)14-6)12-15-9-5-8(13(16)17)3-4-10(9)18-12/h3-5H,1-2H3,(H,16,17). The molecule has 3 aromatic rings. The Morgan fingerprint density at radius 3 is 2.74 bits per heavy atom. The van der Waals surface area contributed by atoms with Crippen LogP contribution >= 0.6 is 11.3 Å². The number of benzene rings is 1. The number of hydrogen-bond donors (Lipinski definition) is 1. The van der Waals surface area contributed by atoms with Gasteiger partial charge in [0.05, 0.1) is 16.3 Å². The van der Waals surface area contributed by atoms with Gasteiger partial charge in [-0.2, -0.15) is 0 Å². The Morgan fingerprint density at radius 1 is 1.32 bits per heavy atom. The molecule has 1 aromatic carbocycles. The molecule has 0 unspecified atom stereocenters. The SMILES string of the molecule is Cc1nc(C)c(-c2nc3cc(C(=O)O)ccc3o2)s1. The van der Waals surface area contributed by atoms with Crippen molar-refractivity contribution in [3.05, 3.63) is 34.5 Å². The van der Waals surface area contributed by atoms with Crippen LogP contribution in [0.3, 0.4) is 0 Å². The highest BCUT2D eigenvalue weighted by atomic mass is 32.1. The van der Waals surface area contributed by atoms with Crippen LogP contribution in [0, 0.1) is 13.8 Å². The van der Waals surface area contributed by atoms with E-state index < -0.39 is 5.97 Å². The lowest BCUT2D eigenvalue weighted by Crippen LogP contribution is -1.94.